The van der Waals surface area contributed by atoms with Crippen molar-refractivity contribution in [2.24, 2.45) is 0 Å². The van der Waals surface area contributed by atoms with Gasteiger partial charge in [-0.3, -0.25) is 4.79 Å². The van der Waals surface area contributed by atoms with Crippen LogP contribution in [0.5, 0.6) is 0 Å². The zero-order valence-electron chi connectivity index (χ0n) is 9.72. The lowest BCUT2D eigenvalue weighted by Gasteiger charge is -2.40. The van der Waals surface area contributed by atoms with Gasteiger partial charge < -0.3 is 10.2 Å². The number of hydrogen-bond donors (Lipinski definition) is 1. The van der Waals surface area contributed by atoms with Gasteiger partial charge in [0.25, 0.3) is 0 Å². The number of piperidine rings is 1. The maximum absolute atomic E-state index is 11.8. The number of carbonyl (C=O) groups is 1. The number of nitrogens with zero attached hydrogens (tertiary/aromatic N) is 1. The molecule has 0 unspecified atom stereocenters. The van der Waals surface area contributed by atoms with Crippen molar-refractivity contribution in [1.82, 2.24) is 10.2 Å². The van der Waals surface area contributed by atoms with Gasteiger partial charge in [-0.2, -0.15) is 0 Å². The molecule has 0 bridgehead atoms. The van der Waals surface area contributed by atoms with Gasteiger partial charge >= 0.3 is 0 Å². The van der Waals surface area contributed by atoms with Crippen molar-refractivity contribution in [3.63, 3.8) is 0 Å². The molecule has 15 heavy (non-hydrogen) atoms. The number of likely N-dealkylation sites (tertiary alicyclic amines) is 1. The van der Waals surface area contributed by atoms with Gasteiger partial charge in [0.15, 0.2) is 0 Å². The van der Waals surface area contributed by atoms with Crippen LogP contribution in [0.1, 0.15) is 45.4 Å². The van der Waals surface area contributed by atoms with E-state index in [9.17, 15) is 4.79 Å². The van der Waals surface area contributed by atoms with E-state index in [2.05, 4.69) is 12.2 Å². The van der Waals surface area contributed by atoms with Gasteiger partial charge in [0, 0.05) is 18.6 Å². The Kier molecular flexibility index (Phi) is 3.29. The molecule has 1 saturated carbocycles. The summed E-state index contributed by atoms with van der Waals surface area (Å²) in [5.41, 5.74) is 0.255. The van der Waals surface area contributed by atoms with Gasteiger partial charge in [-0.25, -0.2) is 0 Å². The molecule has 2 aliphatic rings. The van der Waals surface area contributed by atoms with Crippen LogP contribution in [0, 0.1) is 0 Å². The van der Waals surface area contributed by atoms with Crippen LogP contribution in [0.25, 0.3) is 0 Å². The number of carbonyl (C=O) groups excluding carboxylic acids is 1. The van der Waals surface area contributed by atoms with Crippen LogP contribution >= 0.6 is 0 Å². The van der Waals surface area contributed by atoms with Crippen molar-refractivity contribution in [3.05, 3.63) is 0 Å². The van der Waals surface area contributed by atoms with E-state index in [1.165, 1.54) is 38.5 Å². The zero-order chi connectivity index (χ0) is 10.7. The maximum Gasteiger partial charge on any atom is 0.236 e. The SMILES string of the molecule is CC1(NCC(=O)N2CCCCC2)CCC1. The van der Waals surface area contributed by atoms with Gasteiger partial charge in [0.1, 0.15) is 0 Å². The minimum absolute atomic E-state index is 0.255. The summed E-state index contributed by atoms with van der Waals surface area (Å²) in [5.74, 6) is 0.294. The van der Waals surface area contributed by atoms with Crippen LogP contribution in [0.4, 0.5) is 0 Å². The monoisotopic (exact) mass is 210 g/mol. The molecule has 0 aromatic heterocycles. The Morgan fingerprint density at radius 1 is 1.20 bits per heavy atom. The molecule has 86 valence electrons. The smallest absolute Gasteiger partial charge is 0.236 e. The summed E-state index contributed by atoms with van der Waals surface area (Å²) in [6.45, 7) is 4.70. The summed E-state index contributed by atoms with van der Waals surface area (Å²) in [7, 11) is 0. The van der Waals surface area contributed by atoms with Gasteiger partial charge in [0.05, 0.1) is 6.54 Å². The molecule has 1 saturated heterocycles. The fraction of sp³-hybridized carbons (Fsp3) is 0.917. The molecule has 0 spiro atoms. The van der Waals surface area contributed by atoms with Crippen LogP contribution in [0.15, 0.2) is 0 Å². The third kappa shape index (κ3) is 2.71. The van der Waals surface area contributed by atoms with Crippen molar-refractivity contribution in [3.8, 4) is 0 Å². The molecule has 0 radical (unpaired) electrons. The van der Waals surface area contributed by atoms with E-state index in [1.807, 2.05) is 4.90 Å². The van der Waals surface area contributed by atoms with E-state index in [0.717, 1.165) is 13.1 Å². The van der Waals surface area contributed by atoms with Crippen molar-refractivity contribution in [2.75, 3.05) is 19.6 Å². The van der Waals surface area contributed by atoms with E-state index in [-0.39, 0.29) is 5.54 Å². The first kappa shape index (κ1) is 10.9. The number of rotatable bonds is 3. The van der Waals surface area contributed by atoms with Crippen LogP contribution in [0.2, 0.25) is 0 Å². The lowest BCUT2D eigenvalue weighted by atomic mass is 9.78. The van der Waals surface area contributed by atoms with Gasteiger partial charge in [0.2, 0.25) is 5.91 Å². The molecule has 2 fully saturated rings. The van der Waals surface area contributed by atoms with Crippen LogP contribution in [-0.2, 0) is 4.79 Å². The topological polar surface area (TPSA) is 32.3 Å². The standard InChI is InChI=1S/C12H22N2O/c1-12(6-5-7-12)13-10-11(15)14-8-3-2-4-9-14/h13H,2-10H2,1H3. The van der Waals surface area contributed by atoms with E-state index in [4.69, 9.17) is 0 Å². The van der Waals surface area contributed by atoms with Gasteiger partial charge in [-0.05, 0) is 45.4 Å². The van der Waals surface area contributed by atoms with E-state index < -0.39 is 0 Å². The highest BCUT2D eigenvalue weighted by atomic mass is 16.2. The second kappa shape index (κ2) is 4.52. The molecule has 0 aromatic rings. The van der Waals surface area contributed by atoms with Crippen molar-refractivity contribution >= 4 is 5.91 Å². The zero-order valence-corrected chi connectivity index (χ0v) is 9.72. The molecule has 3 heteroatoms. The molecule has 1 N–H and O–H groups in total. The molecule has 1 aliphatic carbocycles. The Balaban J connectivity index is 1.71. The largest absolute Gasteiger partial charge is 0.342 e. The summed E-state index contributed by atoms with van der Waals surface area (Å²) in [5, 5.41) is 3.40. The minimum Gasteiger partial charge on any atom is -0.342 e. The third-order valence-electron chi connectivity index (χ3n) is 3.83. The number of hydrogen-bond acceptors (Lipinski definition) is 2. The lowest BCUT2D eigenvalue weighted by Crippen LogP contribution is -2.52. The lowest BCUT2D eigenvalue weighted by molar-refractivity contribution is -0.131. The quantitative estimate of drug-likeness (QED) is 0.766. The summed E-state index contributed by atoms with van der Waals surface area (Å²) >= 11 is 0. The summed E-state index contributed by atoms with van der Waals surface area (Å²) < 4.78 is 0. The average Bonchev–Trinajstić information content (AvgIpc) is 2.24. The molecule has 0 aromatic carbocycles. The van der Waals surface area contributed by atoms with E-state index in [0.29, 0.717) is 12.5 Å². The van der Waals surface area contributed by atoms with Crippen LogP contribution in [0.3, 0.4) is 0 Å². The fourth-order valence-electron chi connectivity index (χ4n) is 2.43. The second-order valence-corrected chi connectivity index (χ2v) is 5.21. The molecule has 1 aliphatic heterocycles. The van der Waals surface area contributed by atoms with Crippen molar-refractivity contribution < 1.29 is 4.79 Å². The average molecular weight is 210 g/mol. The molecule has 3 nitrogen and oxygen atoms in total. The number of amides is 1. The predicted molar refractivity (Wildman–Crippen MR) is 60.7 cm³/mol. The van der Waals surface area contributed by atoms with Crippen LogP contribution in [-0.4, -0.2) is 36.0 Å². The minimum atomic E-state index is 0.255. The summed E-state index contributed by atoms with van der Waals surface area (Å²) in [4.78, 5) is 13.9. The first-order chi connectivity index (χ1) is 7.20. The number of nitrogens with one attached hydrogen (secondary N) is 1. The van der Waals surface area contributed by atoms with Crippen molar-refractivity contribution in [2.45, 2.75) is 51.0 Å². The van der Waals surface area contributed by atoms with Gasteiger partial charge in [-0.1, -0.05) is 0 Å². The van der Waals surface area contributed by atoms with Crippen molar-refractivity contribution in [1.29, 1.82) is 0 Å². The predicted octanol–water partition coefficient (Wildman–Crippen LogP) is 1.53. The highest BCUT2D eigenvalue weighted by Crippen LogP contribution is 2.30. The highest BCUT2D eigenvalue weighted by Gasteiger charge is 2.31. The maximum atomic E-state index is 11.8. The normalized spacial score (nSPS) is 24.7. The Hall–Kier alpha value is -0.570. The summed E-state index contributed by atoms with van der Waals surface area (Å²) in [6, 6.07) is 0. The Morgan fingerprint density at radius 2 is 1.87 bits per heavy atom. The Labute approximate surface area is 92.2 Å². The van der Waals surface area contributed by atoms with E-state index in [1.54, 1.807) is 0 Å². The second-order valence-electron chi connectivity index (χ2n) is 5.21. The molecular formula is C12H22N2O. The molecule has 1 amide bonds. The third-order valence-corrected chi connectivity index (χ3v) is 3.83. The van der Waals surface area contributed by atoms with E-state index >= 15 is 0 Å². The Bertz CT molecular complexity index is 230. The summed E-state index contributed by atoms with van der Waals surface area (Å²) in [6.07, 6.45) is 7.41. The molecular weight excluding hydrogens is 188 g/mol. The van der Waals surface area contributed by atoms with Crippen LogP contribution < -0.4 is 5.32 Å². The Morgan fingerprint density at radius 3 is 2.40 bits per heavy atom. The molecule has 2 rings (SSSR count). The first-order valence-electron chi connectivity index (χ1n) is 6.22. The van der Waals surface area contributed by atoms with Gasteiger partial charge in [-0.15, -0.1) is 0 Å². The molecule has 1 heterocycles. The highest BCUT2D eigenvalue weighted by molar-refractivity contribution is 5.78. The molecule has 0 atom stereocenters. The first-order valence-corrected chi connectivity index (χ1v) is 6.22. The fourth-order valence-corrected chi connectivity index (χ4v) is 2.43.